The maximum Gasteiger partial charge on any atom is 0.123 e. The zero-order chi connectivity index (χ0) is 8.85. The van der Waals surface area contributed by atoms with Crippen molar-refractivity contribution in [3.8, 4) is 0 Å². The van der Waals surface area contributed by atoms with Gasteiger partial charge in [-0.2, -0.15) is 0 Å². The van der Waals surface area contributed by atoms with Gasteiger partial charge >= 0.3 is 0 Å². The molecule has 0 fully saturated rings. The van der Waals surface area contributed by atoms with E-state index in [4.69, 9.17) is 0 Å². The van der Waals surface area contributed by atoms with E-state index in [0.717, 1.165) is 19.1 Å². The van der Waals surface area contributed by atoms with E-state index in [1.807, 2.05) is 0 Å². The van der Waals surface area contributed by atoms with E-state index in [1.165, 1.54) is 0 Å². The molecule has 0 spiro atoms. The van der Waals surface area contributed by atoms with Gasteiger partial charge in [-0.25, -0.2) is 0 Å². The van der Waals surface area contributed by atoms with Gasteiger partial charge in [0.15, 0.2) is 0 Å². The molecule has 1 heteroatoms. The minimum atomic E-state index is 0.287. The largest absolute Gasteiger partial charge is 0.303 e. The van der Waals surface area contributed by atoms with Crippen LogP contribution in [0.1, 0.15) is 40.5 Å². The summed E-state index contributed by atoms with van der Waals surface area (Å²) < 4.78 is 0. The van der Waals surface area contributed by atoms with E-state index in [0.29, 0.717) is 11.8 Å². The summed E-state index contributed by atoms with van der Waals surface area (Å²) in [6.07, 6.45) is 3.20. The van der Waals surface area contributed by atoms with Gasteiger partial charge in [0.1, 0.15) is 6.29 Å². The van der Waals surface area contributed by atoms with Crippen molar-refractivity contribution in [2.75, 3.05) is 0 Å². The van der Waals surface area contributed by atoms with Crippen LogP contribution in [0.3, 0.4) is 0 Å². The Kier molecular flexibility index (Phi) is 5.18. The Morgan fingerprint density at radius 2 is 1.36 bits per heavy atom. The van der Waals surface area contributed by atoms with Gasteiger partial charge in [-0.05, 0) is 24.7 Å². The van der Waals surface area contributed by atoms with Crippen LogP contribution in [-0.4, -0.2) is 6.29 Å². The molecule has 0 N–H and O–H groups in total. The summed E-state index contributed by atoms with van der Waals surface area (Å²) >= 11 is 0. The molecule has 0 bridgehead atoms. The molecule has 11 heavy (non-hydrogen) atoms. The van der Waals surface area contributed by atoms with E-state index in [9.17, 15) is 4.79 Å². The highest BCUT2D eigenvalue weighted by Gasteiger charge is 2.10. The summed E-state index contributed by atoms with van der Waals surface area (Å²) in [5.41, 5.74) is 0. The smallest absolute Gasteiger partial charge is 0.123 e. The summed E-state index contributed by atoms with van der Waals surface area (Å²) in [5.74, 6) is 1.57. The Bertz CT molecular complexity index is 95.4. The van der Waals surface area contributed by atoms with Crippen LogP contribution in [-0.2, 0) is 4.79 Å². The molecular formula is C10H20O. The van der Waals surface area contributed by atoms with Crippen LogP contribution in [0.2, 0.25) is 0 Å². The number of aldehydes is 1. The van der Waals surface area contributed by atoms with Gasteiger partial charge in [0, 0.05) is 5.92 Å². The molecule has 0 aliphatic rings. The number of hydrogen-bond acceptors (Lipinski definition) is 1. The van der Waals surface area contributed by atoms with Gasteiger partial charge in [0.05, 0.1) is 0 Å². The van der Waals surface area contributed by atoms with Crippen molar-refractivity contribution in [3.63, 3.8) is 0 Å². The minimum absolute atomic E-state index is 0.287. The van der Waals surface area contributed by atoms with E-state index < -0.39 is 0 Å². The molecule has 0 radical (unpaired) electrons. The Hall–Kier alpha value is -0.330. The Balaban J connectivity index is 3.67. The molecule has 1 nitrogen and oxygen atoms in total. The molecule has 66 valence electrons. The third-order valence-corrected chi connectivity index (χ3v) is 1.74. The topological polar surface area (TPSA) is 17.1 Å². The average Bonchev–Trinajstić information content (AvgIpc) is 1.84. The minimum Gasteiger partial charge on any atom is -0.303 e. The molecule has 0 aliphatic carbocycles. The zero-order valence-electron chi connectivity index (χ0n) is 8.13. The first kappa shape index (κ1) is 10.7. The second-order valence-electron chi connectivity index (χ2n) is 4.16. The van der Waals surface area contributed by atoms with Crippen LogP contribution < -0.4 is 0 Å². The first-order chi connectivity index (χ1) is 5.06. The zero-order valence-corrected chi connectivity index (χ0v) is 8.13. The molecule has 0 unspecified atom stereocenters. The molecular weight excluding hydrogens is 136 g/mol. The fourth-order valence-electron chi connectivity index (χ4n) is 1.42. The Morgan fingerprint density at radius 1 is 1.00 bits per heavy atom. The average molecular weight is 156 g/mol. The molecule has 0 amide bonds. The van der Waals surface area contributed by atoms with Crippen molar-refractivity contribution in [2.24, 2.45) is 17.8 Å². The Labute approximate surface area is 70.2 Å². The second-order valence-corrected chi connectivity index (χ2v) is 4.16. The first-order valence-corrected chi connectivity index (χ1v) is 4.51. The highest BCUT2D eigenvalue weighted by Crippen LogP contribution is 2.17. The second kappa shape index (κ2) is 5.34. The molecule has 0 atom stereocenters. The summed E-state index contributed by atoms with van der Waals surface area (Å²) in [5, 5.41) is 0. The first-order valence-electron chi connectivity index (χ1n) is 4.51. The summed E-state index contributed by atoms with van der Waals surface area (Å²) in [4.78, 5) is 10.6. The van der Waals surface area contributed by atoms with Crippen molar-refractivity contribution >= 4 is 6.29 Å². The van der Waals surface area contributed by atoms with Crippen molar-refractivity contribution in [1.82, 2.24) is 0 Å². The summed E-state index contributed by atoms with van der Waals surface area (Å²) in [7, 11) is 0. The van der Waals surface area contributed by atoms with Gasteiger partial charge < -0.3 is 4.79 Å². The monoisotopic (exact) mass is 156 g/mol. The number of carbonyl (C=O) groups excluding carboxylic acids is 1. The molecule has 0 saturated carbocycles. The predicted octanol–water partition coefficient (Wildman–Crippen LogP) is 2.89. The molecule has 0 heterocycles. The van der Waals surface area contributed by atoms with Gasteiger partial charge in [0.25, 0.3) is 0 Å². The van der Waals surface area contributed by atoms with Gasteiger partial charge in [-0.15, -0.1) is 0 Å². The van der Waals surface area contributed by atoms with Crippen LogP contribution in [0.15, 0.2) is 0 Å². The Morgan fingerprint density at radius 3 is 1.55 bits per heavy atom. The molecule has 0 aromatic heterocycles. The normalized spacial score (nSPS) is 11.5. The third kappa shape index (κ3) is 6.08. The van der Waals surface area contributed by atoms with E-state index >= 15 is 0 Å². The molecule has 0 saturated heterocycles. The van der Waals surface area contributed by atoms with Crippen molar-refractivity contribution in [1.29, 1.82) is 0 Å². The maximum atomic E-state index is 10.6. The van der Waals surface area contributed by atoms with Crippen LogP contribution in [0.5, 0.6) is 0 Å². The molecule has 0 aromatic rings. The number of carbonyl (C=O) groups is 1. The molecule has 0 aliphatic heterocycles. The van der Waals surface area contributed by atoms with E-state index in [-0.39, 0.29) is 5.92 Å². The van der Waals surface area contributed by atoms with Gasteiger partial charge in [0.2, 0.25) is 0 Å². The summed E-state index contributed by atoms with van der Waals surface area (Å²) in [6.45, 7) is 8.65. The fraction of sp³-hybridized carbons (Fsp3) is 0.900. The van der Waals surface area contributed by atoms with Crippen molar-refractivity contribution in [2.45, 2.75) is 40.5 Å². The SMILES string of the molecule is CC(C)CC(C=O)CC(C)C. The highest BCUT2D eigenvalue weighted by atomic mass is 16.1. The summed E-state index contributed by atoms with van der Waals surface area (Å²) in [6, 6.07) is 0. The van der Waals surface area contributed by atoms with Crippen LogP contribution in [0.4, 0.5) is 0 Å². The predicted molar refractivity (Wildman–Crippen MR) is 48.5 cm³/mol. The van der Waals surface area contributed by atoms with Crippen LogP contribution >= 0.6 is 0 Å². The number of rotatable bonds is 5. The van der Waals surface area contributed by atoms with Crippen molar-refractivity contribution in [3.05, 3.63) is 0 Å². The molecule has 0 rings (SSSR count). The van der Waals surface area contributed by atoms with E-state index in [2.05, 4.69) is 27.7 Å². The molecule has 0 aromatic carbocycles. The lowest BCUT2D eigenvalue weighted by Crippen LogP contribution is -2.08. The lowest BCUT2D eigenvalue weighted by Gasteiger charge is -2.14. The highest BCUT2D eigenvalue weighted by molar-refractivity contribution is 5.53. The third-order valence-electron chi connectivity index (χ3n) is 1.74. The maximum absolute atomic E-state index is 10.6. The lowest BCUT2D eigenvalue weighted by molar-refractivity contribution is -0.112. The quantitative estimate of drug-likeness (QED) is 0.559. The van der Waals surface area contributed by atoms with Crippen LogP contribution in [0, 0.1) is 17.8 Å². The van der Waals surface area contributed by atoms with Gasteiger partial charge in [-0.3, -0.25) is 0 Å². The van der Waals surface area contributed by atoms with Gasteiger partial charge in [-0.1, -0.05) is 27.7 Å². The van der Waals surface area contributed by atoms with Crippen LogP contribution in [0.25, 0.3) is 0 Å². The lowest BCUT2D eigenvalue weighted by atomic mass is 9.91. The standard InChI is InChI=1S/C10H20O/c1-8(2)5-10(7-11)6-9(3)4/h7-10H,5-6H2,1-4H3. The fourth-order valence-corrected chi connectivity index (χ4v) is 1.42. The van der Waals surface area contributed by atoms with E-state index in [1.54, 1.807) is 0 Å². The number of hydrogen-bond donors (Lipinski definition) is 0. The van der Waals surface area contributed by atoms with Crippen molar-refractivity contribution < 1.29 is 4.79 Å².